The van der Waals surface area contributed by atoms with E-state index in [2.05, 4.69) is 31.2 Å². The Bertz CT molecular complexity index is 243. The highest BCUT2D eigenvalue weighted by atomic mass is 32.2. The van der Waals surface area contributed by atoms with Crippen molar-refractivity contribution in [1.29, 1.82) is 0 Å². The van der Waals surface area contributed by atoms with Crippen LogP contribution in [0.2, 0.25) is 0 Å². The normalized spacial score (nSPS) is 17.1. The van der Waals surface area contributed by atoms with Gasteiger partial charge in [0.2, 0.25) is 0 Å². The fourth-order valence-corrected chi connectivity index (χ4v) is 2.54. The minimum Gasteiger partial charge on any atom is -0.125 e. The number of hydrogen-bond acceptors (Lipinski definition) is 1. The van der Waals surface area contributed by atoms with Gasteiger partial charge in [-0.25, -0.2) is 0 Å². The molecule has 1 heteroatoms. The lowest BCUT2D eigenvalue weighted by molar-refractivity contribution is 0.882. The van der Waals surface area contributed by atoms with E-state index in [-0.39, 0.29) is 0 Å². The third-order valence-corrected chi connectivity index (χ3v) is 3.29. The monoisotopic (exact) mass is 210 g/mol. The summed E-state index contributed by atoms with van der Waals surface area (Å²) in [6.45, 7) is 10.3. The molecule has 0 aliphatic carbocycles. The molecular weight excluding hydrogens is 188 g/mol. The van der Waals surface area contributed by atoms with E-state index < -0.39 is 0 Å². The molecule has 0 nitrogen and oxygen atoms in total. The largest absolute Gasteiger partial charge is 0.125 e. The van der Waals surface area contributed by atoms with Gasteiger partial charge in [0.15, 0.2) is 0 Å². The molecule has 14 heavy (non-hydrogen) atoms. The molecule has 0 spiro atoms. The van der Waals surface area contributed by atoms with Crippen molar-refractivity contribution in [3.05, 3.63) is 29.8 Å². The Hall–Kier alpha value is -0.430. The maximum absolute atomic E-state index is 2.29. The van der Waals surface area contributed by atoms with Crippen molar-refractivity contribution in [3.8, 4) is 0 Å². The minimum atomic E-state index is 0.765. The van der Waals surface area contributed by atoms with Gasteiger partial charge < -0.3 is 0 Å². The van der Waals surface area contributed by atoms with Crippen LogP contribution in [0.3, 0.4) is 0 Å². The van der Waals surface area contributed by atoms with E-state index in [9.17, 15) is 0 Å². The molecule has 0 fully saturated rings. The van der Waals surface area contributed by atoms with Gasteiger partial charge in [0.25, 0.3) is 0 Å². The SMILES string of the molecule is CC.CC.CC1CSc2ccccc21. The fraction of sp³-hybridized carbons (Fsp3) is 0.538. The van der Waals surface area contributed by atoms with Crippen molar-refractivity contribution in [2.75, 3.05) is 5.75 Å². The average molecular weight is 210 g/mol. The Kier molecular flexibility index (Phi) is 7.68. The lowest BCUT2D eigenvalue weighted by atomic mass is 10.0. The number of benzene rings is 1. The zero-order chi connectivity index (χ0) is 11.0. The highest BCUT2D eigenvalue weighted by Gasteiger charge is 2.17. The second kappa shape index (κ2) is 7.93. The Morgan fingerprint density at radius 1 is 1.07 bits per heavy atom. The summed E-state index contributed by atoms with van der Waals surface area (Å²) in [5.74, 6) is 2.03. The van der Waals surface area contributed by atoms with Crippen LogP contribution in [0.15, 0.2) is 29.2 Å². The first-order valence-corrected chi connectivity index (χ1v) is 6.58. The molecule has 1 aliphatic heterocycles. The smallest absolute Gasteiger partial charge is 0.0107 e. The van der Waals surface area contributed by atoms with E-state index in [1.807, 2.05) is 39.5 Å². The molecule has 1 aromatic rings. The van der Waals surface area contributed by atoms with Crippen molar-refractivity contribution < 1.29 is 0 Å². The van der Waals surface area contributed by atoms with Gasteiger partial charge in [0.1, 0.15) is 0 Å². The second-order valence-electron chi connectivity index (χ2n) is 2.75. The summed E-state index contributed by atoms with van der Waals surface area (Å²) in [7, 11) is 0. The Labute approximate surface area is 93.1 Å². The fourth-order valence-electron chi connectivity index (χ4n) is 1.32. The molecule has 1 aromatic carbocycles. The van der Waals surface area contributed by atoms with Crippen LogP contribution in [0.25, 0.3) is 0 Å². The van der Waals surface area contributed by atoms with E-state index in [1.165, 1.54) is 16.2 Å². The summed E-state index contributed by atoms with van der Waals surface area (Å²) in [6, 6.07) is 8.69. The standard InChI is InChI=1S/C9H10S.2C2H6/c1-7-6-10-9-5-3-2-4-8(7)9;2*1-2/h2-5,7H,6H2,1H3;2*1-2H3. The predicted molar refractivity (Wildman–Crippen MR) is 68.3 cm³/mol. The predicted octanol–water partition coefficient (Wildman–Crippen LogP) is 4.95. The summed E-state index contributed by atoms with van der Waals surface area (Å²) < 4.78 is 0. The molecule has 80 valence electrons. The topological polar surface area (TPSA) is 0 Å². The second-order valence-corrected chi connectivity index (χ2v) is 3.81. The van der Waals surface area contributed by atoms with Gasteiger partial charge >= 0.3 is 0 Å². The van der Waals surface area contributed by atoms with Gasteiger partial charge in [0, 0.05) is 10.6 Å². The summed E-state index contributed by atoms with van der Waals surface area (Å²) in [5.41, 5.74) is 1.53. The maximum Gasteiger partial charge on any atom is 0.0107 e. The number of fused-ring (bicyclic) bond motifs is 1. The zero-order valence-electron chi connectivity index (χ0n) is 10.0. The minimum absolute atomic E-state index is 0.765. The quantitative estimate of drug-likeness (QED) is 0.584. The van der Waals surface area contributed by atoms with Gasteiger partial charge in [0.05, 0.1) is 0 Å². The van der Waals surface area contributed by atoms with Crippen LogP contribution in [0.1, 0.15) is 46.1 Å². The van der Waals surface area contributed by atoms with Crippen LogP contribution in [0.4, 0.5) is 0 Å². The van der Waals surface area contributed by atoms with Gasteiger partial charge in [-0.15, -0.1) is 11.8 Å². The average Bonchev–Trinajstić information content (AvgIpc) is 2.67. The number of hydrogen-bond donors (Lipinski definition) is 0. The molecule has 1 atom stereocenters. The molecule has 0 saturated heterocycles. The van der Waals surface area contributed by atoms with Crippen molar-refractivity contribution in [1.82, 2.24) is 0 Å². The number of thioether (sulfide) groups is 1. The highest BCUT2D eigenvalue weighted by Crippen LogP contribution is 2.38. The lowest BCUT2D eigenvalue weighted by Crippen LogP contribution is -1.87. The molecule has 0 aromatic heterocycles. The molecule has 2 rings (SSSR count). The first kappa shape index (κ1) is 13.6. The summed E-state index contributed by atoms with van der Waals surface area (Å²) in [6.07, 6.45) is 0. The third-order valence-electron chi connectivity index (χ3n) is 1.94. The molecule has 1 unspecified atom stereocenters. The van der Waals surface area contributed by atoms with Crippen molar-refractivity contribution in [2.45, 2.75) is 45.4 Å². The first-order valence-electron chi connectivity index (χ1n) is 5.59. The van der Waals surface area contributed by atoms with Crippen LogP contribution in [-0.2, 0) is 0 Å². The molecule has 0 radical (unpaired) electrons. The molecular formula is C13H22S. The molecule has 0 bridgehead atoms. The van der Waals surface area contributed by atoms with Gasteiger partial charge in [-0.2, -0.15) is 0 Å². The van der Waals surface area contributed by atoms with Crippen LogP contribution >= 0.6 is 11.8 Å². The summed E-state index contributed by atoms with van der Waals surface area (Å²) >= 11 is 1.98. The van der Waals surface area contributed by atoms with Crippen molar-refractivity contribution in [3.63, 3.8) is 0 Å². The van der Waals surface area contributed by atoms with Crippen molar-refractivity contribution in [2.24, 2.45) is 0 Å². The van der Waals surface area contributed by atoms with E-state index in [0.717, 1.165) is 5.92 Å². The van der Waals surface area contributed by atoms with Gasteiger partial charge in [-0.1, -0.05) is 52.8 Å². The first-order chi connectivity index (χ1) is 6.88. The molecule has 1 heterocycles. The van der Waals surface area contributed by atoms with Crippen LogP contribution in [-0.4, -0.2) is 5.75 Å². The third kappa shape index (κ3) is 3.38. The molecule has 0 amide bonds. The lowest BCUT2D eigenvalue weighted by Gasteiger charge is -1.99. The van der Waals surface area contributed by atoms with Gasteiger partial charge in [-0.3, -0.25) is 0 Å². The zero-order valence-corrected chi connectivity index (χ0v) is 10.8. The Morgan fingerprint density at radius 2 is 1.64 bits per heavy atom. The maximum atomic E-state index is 2.29. The van der Waals surface area contributed by atoms with E-state index >= 15 is 0 Å². The Morgan fingerprint density at radius 3 is 2.21 bits per heavy atom. The molecule has 0 saturated carbocycles. The Balaban J connectivity index is 0.000000379. The van der Waals surface area contributed by atoms with E-state index in [0.29, 0.717) is 0 Å². The van der Waals surface area contributed by atoms with Crippen molar-refractivity contribution >= 4 is 11.8 Å². The molecule has 1 aliphatic rings. The number of rotatable bonds is 0. The molecule has 0 N–H and O–H groups in total. The van der Waals surface area contributed by atoms with Crippen LogP contribution in [0.5, 0.6) is 0 Å². The van der Waals surface area contributed by atoms with E-state index in [4.69, 9.17) is 0 Å². The van der Waals surface area contributed by atoms with E-state index in [1.54, 1.807) is 0 Å². The summed E-state index contributed by atoms with van der Waals surface area (Å²) in [4.78, 5) is 1.48. The van der Waals surface area contributed by atoms with Crippen LogP contribution < -0.4 is 0 Å². The van der Waals surface area contributed by atoms with Gasteiger partial charge in [-0.05, 0) is 17.5 Å². The summed E-state index contributed by atoms with van der Waals surface area (Å²) in [5, 5.41) is 0. The van der Waals surface area contributed by atoms with Crippen LogP contribution in [0, 0.1) is 0 Å². The highest BCUT2D eigenvalue weighted by molar-refractivity contribution is 7.99.